The number of phenols is 1. The summed E-state index contributed by atoms with van der Waals surface area (Å²) in [4.78, 5) is 22.1. The molecule has 0 atom stereocenters. The van der Waals surface area contributed by atoms with E-state index in [9.17, 15) is 14.7 Å². The maximum absolute atomic E-state index is 11.4. The van der Waals surface area contributed by atoms with Gasteiger partial charge in [0.15, 0.2) is 0 Å². The van der Waals surface area contributed by atoms with E-state index >= 15 is 0 Å². The van der Waals surface area contributed by atoms with E-state index in [2.05, 4.69) is 0 Å². The van der Waals surface area contributed by atoms with Gasteiger partial charge in [0.1, 0.15) is 11.5 Å². The van der Waals surface area contributed by atoms with Gasteiger partial charge in [-0.25, -0.2) is 4.79 Å². The van der Waals surface area contributed by atoms with E-state index in [1.807, 2.05) is 0 Å². The van der Waals surface area contributed by atoms with Gasteiger partial charge in [-0.15, -0.1) is 0 Å². The Balaban J connectivity index is 2.97. The van der Waals surface area contributed by atoms with E-state index in [0.717, 1.165) is 0 Å². The molecule has 0 aliphatic rings. The van der Waals surface area contributed by atoms with E-state index in [1.54, 1.807) is 6.92 Å². The summed E-state index contributed by atoms with van der Waals surface area (Å²) in [5, 5.41) is 9.32. The molecule has 0 bridgehead atoms. The summed E-state index contributed by atoms with van der Waals surface area (Å²) in [7, 11) is 0. The lowest BCUT2D eigenvalue weighted by Crippen LogP contribution is -2.06. The third-order valence-electron chi connectivity index (χ3n) is 1.66. The van der Waals surface area contributed by atoms with Crippen molar-refractivity contribution in [2.24, 2.45) is 0 Å². The number of phenolic OH excluding ortho intramolecular Hbond substituents is 1. The van der Waals surface area contributed by atoms with Crippen LogP contribution >= 0.6 is 0 Å². The van der Waals surface area contributed by atoms with Crippen LogP contribution in [-0.2, 0) is 9.53 Å². The van der Waals surface area contributed by atoms with E-state index in [4.69, 9.17) is 9.47 Å². The number of esters is 2. The van der Waals surface area contributed by atoms with Crippen molar-refractivity contribution >= 4 is 11.9 Å². The fourth-order valence-corrected chi connectivity index (χ4v) is 1.14. The highest BCUT2D eigenvalue weighted by Crippen LogP contribution is 2.22. The van der Waals surface area contributed by atoms with E-state index in [-0.39, 0.29) is 23.7 Å². The van der Waals surface area contributed by atoms with Crippen LogP contribution in [0.2, 0.25) is 0 Å². The van der Waals surface area contributed by atoms with Crippen LogP contribution < -0.4 is 4.74 Å². The molecule has 0 fully saturated rings. The summed E-state index contributed by atoms with van der Waals surface area (Å²) >= 11 is 0. The Bertz CT molecular complexity index is 411. The Labute approximate surface area is 92.6 Å². The minimum atomic E-state index is -0.577. The third-order valence-corrected chi connectivity index (χ3v) is 1.66. The lowest BCUT2D eigenvalue weighted by atomic mass is 10.2. The topological polar surface area (TPSA) is 72.8 Å². The van der Waals surface area contributed by atoms with Crippen LogP contribution in [0.4, 0.5) is 0 Å². The summed E-state index contributed by atoms with van der Waals surface area (Å²) < 4.78 is 9.51. The Hall–Kier alpha value is -2.04. The molecule has 0 aliphatic heterocycles. The smallest absolute Gasteiger partial charge is 0.338 e. The van der Waals surface area contributed by atoms with Gasteiger partial charge in [-0.3, -0.25) is 4.79 Å². The number of benzene rings is 1. The number of hydrogen-bond donors (Lipinski definition) is 1. The number of rotatable bonds is 3. The number of hydrogen-bond acceptors (Lipinski definition) is 5. The lowest BCUT2D eigenvalue weighted by molar-refractivity contribution is -0.131. The summed E-state index contributed by atoms with van der Waals surface area (Å²) in [6.45, 7) is 3.14. The summed E-state index contributed by atoms with van der Waals surface area (Å²) in [6.07, 6.45) is 0. The zero-order valence-electron chi connectivity index (χ0n) is 9.02. The quantitative estimate of drug-likeness (QED) is 0.622. The first-order valence-corrected chi connectivity index (χ1v) is 4.72. The van der Waals surface area contributed by atoms with Crippen molar-refractivity contribution in [3.05, 3.63) is 23.8 Å². The molecule has 0 spiro atoms. The van der Waals surface area contributed by atoms with Gasteiger partial charge in [0.25, 0.3) is 0 Å². The molecular formula is C11H12O5. The maximum atomic E-state index is 11.4. The van der Waals surface area contributed by atoms with Crippen LogP contribution in [-0.4, -0.2) is 23.7 Å². The molecule has 86 valence electrons. The van der Waals surface area contributed by atoms with Crippen LogP contribution in [0.5, 0.6) is 11.5 Å². The van der Waals surface area contributed by atoms with Crippen molar-refractivity contribution in [1.29, 1.82) is 0 Å². The molecule has 0 saturated heterocycles. The van der Waals surface area contributed by atoms with Gasteiger partial charge in [0, 0.05) is 13.0 Å². The number of carbonyl (C=O) groups is 2. The average Bonchev–Trinajstić information content (AvgIpc) is 2.15. The first-order valence-electron chi connectivity index (χ1n) is 4.72. The molecule has 1 N–H and O–H groups in total. The van der Waals surface area contributed by atoms with Crippen molar-refractivity contribution < 1.29 is 24.2 Å². The lowest BCUT2D eigenvalue weighted by Gasteiger charge is -2.05. The molecule has 16 heavy (non-hydrogen) atoms. The second-order valence-electron chi connectivity index (χ2n) is 3.03. The predicted molar refractivity (Wildman–Crippen MR) is 55.4 cm³/mol. The van der Waals surface area contributed by atoms with Gasteiger partial charge < -0.3 is 14.6 Å². The molecule has 1 aromatic carbocycles. The molecule has 0 saturated carbocycles. The summed E-state index contributed by atoms with van der Waals surface area (Å²) in [5.41, 5.74) is 0.137. The fourth-order valence-electron chi connectivity index (χ4n) is 1.14. The molecule has 1 rings (SSSR count). The first kappa shape index (κ1) is 12.0. The van der Waals surface area contributed by atoms with Gasteiger partial charge in [-0.1, -0.05) is 0 Å². The molecule has 0 radical (unpaired) electrons. The average molecular weight is 224 g/mol. The SMILES string of the molecule is CCOC(=O)c1cc(O)cc(OC(C)=O)c1. The Morgan fingerprint density at radius 3 is 2.56 bits per heavy atom. The van der Waals surface area contributed by atoms with Crippen LogP contribution in [0.3, 0.4) is 0 Å². The summed E-state index contributed by atoms with van der Waals surface area (Å²) in [5.74, 6) is -1.16. The number of aromatic hydroxyl groups is 1. The molecular weight excluding hydrogens is 212 g/mol. The highest BCUT2D eigenvalue weighted by Gasteiger charge is 2.10. The largest absolute Gasteiger partial charge is 0.508 e. The van der Waals surface area contributed by atoms with Crippen LogP contribution in [0.1, 0.15) is 24.2 Å². The van der Waals surface area contributed by atoms with Crippen molar-refractivity contribution in [3.8, 4) is 11.5 Å². The van der Waals surface area contributed by atoms with Gasteiger partial charge in [0.05, 0.1) is 12.2 Å². The maximum Gasteiger partial charge on any atom is 0.338 e. The Kier molecular flexibility index (Phi) is 3.88. The predicted octanol–water partition coefficient (Wildman–Crippen LogP) is 1.49. The van der Waals surface area contributed by atoms with Crippen molar-refractivity contribution in [3.63, 3.8) is 0 Å². The van der Waals surface area contributed by atoms with E-state index in [1.165, 1.54) is 25.1 Å². The highest BCUT2D eigenvalue weighted by atomic mass is 16.5. The number of ether oxygens (including phenoxy) is 2. The Morgan fingerprint density at radius 2 is 2.00 bits per heavy atom. The molecule has 5 heteroatoms. The monoisotopic (exact) mass is 224 g/mol. The van der Waals surface area contributed by atoms with Gasteiger partial charge >= 0.3 is 11.9 Å². The van der Waals surface area contributed by atoms with Gasteiger partial charge in [0.2, 0.25) is 0 Å². The second-order valence-corrected chi connectivity index (χ2v) is 3.03. The molecule has 0 aromatic heterocycles. The standard InChI is InChI=1S/C11H12O5/c1-3-15-11(14)8-4-9(13)6-10(5-8)16-7(2)12/h4-6,13H,3H2,1-2H3. The van der Waals surface area contributed by atoms with Crippen molar-refractivity contribution in [2.75, 3.05) is 6.61 Å². The fraction of sp³-hybridized carbons (Fsp3) is 0.273. The van der Waals surface area contributed by atoms with E-state index < -0.39 is 11.9 Å². The minimum Gasteiger partial charge on any atom is -0.508 e. The molecule has 0 aliphatic carbocycles. The first-order chi connectivity index (χ1) is 7.52. The summed E-state index contributed by atoms with van der Waals surface area (Å²) in [6, 6.07) is 3.81. The molecule has 0 heterocycles. The second kappa shape index (κ2) is 5.16. The van der Waals surface area contributed by atoms with Gasteiger partial charge in [-0.05, 0) is 19.1 Å². The Morgan fingerprint density at radius 1 is 1.31 bits per heavy atom. The van der Waals surface area contributed by atoms with Gasteiger partial charge in [-0.2, -0.15) is 0 Å². The third kappa shape index (κ3) is 3.27. The number of carbonyl (C=O) groups excluding carboxylic acids is 2. The van der Waals surface area contributed by atoms with E-state index in [0.29, 0.717) is 0 Å². The molecule has 1 aromatic rings. The minimum absolute atomic E-state index is 0.107. The van der Waals surface area contributed by atoms with Crippen molar-refractivity contribution in [2.45, 2.75) is 13.8 Å². The highest BCUT2D eigenvalue weighted by molar-refractivity contribution is 5.90. The normalized spacial score (nSPS) is 9.62. The molecule has 0 amide bonds. The zero-order chi connectivity index (χ0) is 12.1. The van der Waals surface area contributed by atoms with Crippen molar-refractivity contribution in [1.82, 2.24) is 0 Å². The molecule has 5 nitrogen and oxygen atoms in total. The zero-order valence-corrected chi connectivity index (χ0v) is 9.02. The van der Waals surface area contributed by atoms with Crippen LogP contribution in [0, 0.1) is 0 Å². The molecule has 0 unspecified atom stereocenters. The van der Waals surface area contributed by atoms with Crippen LogP contribution in [0.25, 0.3) is 0 Å². The van der Waals surface area contributed by atoms with Crippen LogP contribution in [0.15, 0.2) is 18.2 Å².